The second kappa shape index (κ2) is 8.99. The molecule has 0 unspecified atom stereocenters. The topological polar surface area (TPSA) is 82.3 Å². The van der Waals surface area contributed by atoms with Gasteiger partial charge in [0.1, 0.15) is 0 Å². The number of hydrogen-bond donors (Lipinski definition) is 4. The van der Waals surface area contributed by atoms with Crippen molar-refractivity contribution in [3.8, 4) is 0 Å². The summed E-state index contributed by atoms with van der Waals surface area (Å²) in [5, 5.41) is 5.95. The Morgan fingerprint density at radius 3 is 2.36 bits per heavy atom. The highest BCUT2D eigenvalue weighted by Crippen LogP contribution is 2.14. The molecule has 1 aromatic rings. The molecule has 0 fully saturated rings. The molecule has 0 aromatic heterocycles. The number of hydrazine groups is 1. The van der Waals surface area contributed by atoms with E-state index in [-0.39, 0.29) is 24.7 Å². The fourth-order valence-electron chi connectivity index (χ4n) is 1.66. The van der Waals surface area contributed by atoms with E-state index < -0.39 is 0 Å². The molecule has 0 saturated carbocycles. The number of hydrogen-bond acceptors (Lipinski definition) is 3. The number of thiocarbonyl (C=S) groups is 1. The van der Waals surface area contributed by atoms with E-state index in [1.807, 2.05) is 39.0 Å². The molecule has 6 nitrogen and oxygen atoms in total. The number of carbonyl (C=O) groups is 2. The van der Waals surface area contributed by atoms with E-state index in [9.17, 15) is 9.59 Å². The normalized spacial score (nSPS) is 9.77. The first-order valence-corrected chi connectivity index (χ1v) is 7.53. The molecule has 4 N–H and O–H groups in total. The summed E-state index contributed by atoms with van der Waals surface area (Å²) < 4.78 is 0. The summed E-state index contributed by atoms with van der Waals surface area (Å²) in [7, 11) is 0. The van der Waals surface area contributed by atoms with Gasteiger partial charge in [-0.3, -0.25) is 20.4 Å². The first-order chi connectivity index (χ1) is 10.4. The highest BCUT2D eigenvalue weighted by atomic mass is 32.1. The minimum atomic E-state index is -0.296. The number of benzene rings is 1. The lowest BCUT2D eigenvalue weighted by atomic mass is 10.1. The molecular weight excluding hydrogens is 300 g/mol. The lowest BCUT2D eigenvalue weighted by Crippen LogP contribution is -2.46. The Morgan fingerprint density at radius 1 is 1.05 bits per heavy atom. The first-order valence-electron chi connectivity index (χ1n) is 7.12. The number of carbonyl (C=O) groups excluding carboxylic acids is 2. The van der Waals surface area contributed by atoms with Gasteiger partial charge < -0.3 is 10.6 Å². The molecule has 0 bridgehead atoms. The maximum Gasteiger partial charge on any atom is 0.238 e. The van der Waals surface area contributed by atoms with Crippen LogP contribution in [0.3, 0.4) is 0 Å². The molecule has 0 atom stereocenters. The van der Waals surface area contributed by atoms with Crippen molar-refractivity contribution in [2.24, 2.45) is 0 Å². The molecule has 0 radical (unpaired) electrons. The summed E-state index contributed by atoms with van der Waals surface area (Å²) in [6.45, 7) is 6.56. The molecule has 0 aliphatic carbocycles. The molecular formula is C15H22N4O2S. The van der Waals surface area contributed by atoms with E-state index in [4.69, 9.17) is 12.2 Å². The van der Waals surface area contributed by atoms with Crippen molar-refractivity contribution in [2.45, 2.75) is 33.6 Å². The van der Waals surface area contributed by atoms with Crippen molar-refractivity contribution in [3.63, 3.8) is 0 Å². The van der Waals surface area contributed by atoms with Gasteiger partial charge in [-0.05, 0) is 56.2 Å². The monoisotopic (exact) mass is 322 g/mol. The second-order valence-corrected chi connectivity index (χ2v) is 5.29. The Kier molecular flexibility index (Phi) is 7.31. The molecule has 0 aliphatic heterocycles. The van der Waals surface area contributed by atoms with E-state index in [1.54, 1.807) is 0 Å². The van der Waals surface area contributed by atoms with Crippen molar-refractivity contribution in [3.05, 3.63) is 29.3 Å². The van der Waals surface area contributed by atoms with Gasteiger partial charge in [-0.15, -0.1) is 0 Å². The quantitative estimate of drug-likeness (QED) is 0.488. The van der Waals surface area contributed by atoms with E-state index in [2.05, 4.69) is 21.5 Å². The lowest BCUT2D eigenvalue weighted by molar-refractivity contribution is -0.124. The third-order valence-electron chi connectivity index (χ3n) is 3.02. The minimum Gasteiger partial charge on any atom is -0.362 e. The third-order valence-corrected chi connectivity index (χ3v) is 3.27. The number of amides is 2. The van der Waals surface area contributed by atoms with E-state index in [1.165, 1.54) is 5.56 Å². The summed E-state index contributed by atoms with van der Waals surface area (Å²) in [4.78, 5) is 23.4. The van der Waals surface area contributed by atoms with Crippen LogP contribution in [-0.4, -0.2) is 23.5 Å². The minimum absolute atomic E-state index is 0.0818. The van der Waals surface area contributed by atoms with Crippen LogP contribution in [0.25, 0.3) is 0 Å². The van der Waals surface area contributed by atoms with Crippen LogP contribution >= 0.6 is 12.2 Å². The second-order valence-electron chi connectivity index (χ2n) is 4.88. The van der Waals surface area contributed by atoms with E-state index in [0.717, 1.165) is 11.3 Å². The Morgan fingerprint density at radius 2 is 1.73 bits per heavy atom. The molecule has 120 valence electrons. The predicted molar refractivity (Wildman–Crippen MR) is 91.3 cm³/mol. The highest BCUT2D eigenvalue weighted by Gasteiger charge is 2.08. The van der Waals surface area contributed by atoms with Gasteiger partial charge in [0, 0.05) is 25.1 Å². The zero-order valence-corrected chi connectivity index (χ0v) is 13.9. The summed E-state index contributed by atoms with van der Waals surface area (Å²) in [5.74, 6) is -0.497. The van der Waals surface area contributed by atoms with Crippen LogP contribution in [0.5, 0.6) is 0 Å². The average Bonchev–Trinajstić information content (AvgIpc) is 2.47. The highest BCUT2D eigenvalue weighted by molar-refractivity contribution is 7.80. The molecule has 0 aliphatic rings. The summed E-state index contributed by atoms with van der Waals surface area (Å²) >= 11 is 4.90. The van der Waals surface area contributed by atoms with Crippen LogP contribution in [-0.2, 0) is 9.59 Å². The Hall–Kier alpha value is -2.15. The maximum absolute atomic E-state index is 11.8. The van der Waals surface area contributed by atoms with Gasteiger partial charge in [-0.2, -0.15) is 0 Å². The van der Waals surface area contributed by atoms with Crippen LogP contribution in [0, 0.1) is 13.8 Å². The smallest absolute Gasteiger partial charge is 0.238 e. The Balaban J connectivity index is 2.31. The molecule has 22 heavy (non-hydrogen) atoms. The fourth-order valence-corrected chi connectivity index (χ4v) is 1.86. The largest absolute Gasteiger partial charge is 0.362 e. The fraction of sp³-hybridized carbons (Fsp3) is 0.400. The van der Waals surface area contributed by atoms with Crippen molar-refractivity contribution in [1.82, 2.24) is 16.2 Å². The van der Waals surface area contributed by atoms with Crippen molar-refractivity contribution in [1.29, 1.82) is 0 Å². The van der Waals surface area contributed by atoms with E-state index >= 15 is 0 Å². The standard InChI is InChI=1S/C15H22N4O2S/c1-4-16-15(22)19-18-14(21)8-7-13(20)17-12-6-5-10(2)11(3)9-12/h5-6,9H,4,7-8H2,1-3H3,(H,17,20)(H,18,21)(H2,16,19,22). The number of nitrogens with one attached hydrogen (secondary N) is 4. The Labute approximate surface area is 136 Å². The lowest BCUT2D eigenvalue weighted by Gasteiger charge is -2.10. The molecule has 1 aromatic carbocycles. The van der Waals surface area contributed by atoms with Gasteiger partial charge in [0.05, 0.1) is 0 Å². The van der Waals surface area contributed by atoms with E-state index in [0.29, 0.717) is 11.7 Å². The van der Waals surface area contributed by atoms with Crippen LogP contribution in [0.1, 0.15) is 30.9 Å². The van der Waals surface area contributed by atoms with Crippen LogP contribution in [0.2, 0.25) is 0 Å². The summed E-state index contributed by atoms with van der Waals surface area (Å²) in [5.41, 5.74) is 8.00. The molecule has 0 saturated heterocycles. The van der Waals surface area contributed by atoms with Gasteiger partial charge in [-0.1, -0.05) is 6.07 Å². The third kappa shape index (κ3) is 6.53. The number of anilines is 1. The van der Waals surface area contributed by atoms with Gasteiger partial charge in [0.15, 0.2) is 5.11 Å². The summed E-state index contributed by atoms with van der Waals surface area (Å²) in [6, 6.07) is 5.70. The molecule has 1 rings (SSSR count). The van der Waals surface area contributed by atoms with Crippen LogP contribution in [0.4, 0.5) is 5.69 Å². The average molecular weight is 322 g/mol. The van der Waals surface area contributed by atoms with Crippen molar-refractivity contribution in [2.75, 3.05) is 11.9 Å². The Bertz CT molecular complexity index is 560. The van der Waals surface area contributed by atoms with Crippen molar-refractivity contribution < 1.29 is 9.59 Å². The molecule has 2 amide bonds. The van der Waals surface area contributed by atoms with Crippen molar-refractivity contribution >= 4 is 34.8 Å². The van der Waals surface area contributed by atoms with Gasteiger partial charge >= 0.3 is 0 Å². The number of rotatable bonds is 5. The summed E-state index contributed by atoms with van der Waals surface area (Å²) in [6.07, 6.45) is 0.187. The van der Waals surface area contributed by atoms with Gasteiger partial charge in [0.2, 0.25) is 11.8 Å². The molecule has 0 heterocycles. The van der Waals surface area contributed by atoms with Crippen LogP contribution in [0.15, 0.2) is 18.2 Å². The zero-order valence-electron chi connectivity index (χ0n) is 13.1. The SMILES string of the molecule is CCNC(=S)NNC(=O)CCC(=O)Nc1ccc(C)c(C)c1. The van der Waals surface area contributed by atoms with Gasteiger partial charge in [0.25, 0.3) is 0 Å². The predicted octanol–water partition coefficient (Wildman–Crippen LogP) is 1.54. The van der Waals surface area contributed by atoms with Gasteiger partial charge in [-0.25, -0.2) is 0 Å². The molecule has 7 heteroatoms. The van der Waals surface area contributed by atoms with Crippen LogP contribution < -0.4 is 21.5 Å². The molecule has 0 spiro atoms. The maximum atomic E-state index is 11.8. The first kappa shape index (κ1) is 17.9. The zero-order chi connectivity index (χ0) is 16.5. The number of aryl methyl sites for hydroxylation is 2.